The second-order valence-electron chi connectivity index (χ2n) is 4.98. The van der Waals surface area contributed by atoms with Crippen molar-refractivity contribution in [1.29, 1.82) is 0 Å². The Balaban J connectivity index is 2.11. The van der Waals surface area contributed by atoms with Gasteiger partial charge in [0.2, 0.25) is 0 Å². The Bertz CT molecular complexity index is 816. The molecule has 0 radical (unpaired) electrons. The van der Waals surface area contributed by atoms with E-state index in [2.05, 4.69) is 27.3 Å². The molecule has 0 bridgehead atoms. The van der Waals surface area contributed by atoms with E-state index < -0.39 is 0 Å². The van der Waals surface area contributed by atoms with Crippen LogP contribution in [-0.4, -0.2) is 15.2 Å². The van der Waals surface area contributed by atoms with Crippen molar-refractivity contribution in [2.24, 2.45) is 0 Å². The molecule has 1 N–H and O–H groups in total. The first-order valence-electron chi connectivity index (χ1n) is 6.54. The third kappa shape index (κ3) is 2.32. The molecule has 0 spiro atoms. The predicted molar refractivity (Wildman–Crippen MR) is 78.9 cm³/mol. The van der Waals surface area contributed by atoms with Gasteiger partial charge in [-0.3, -0.25) is 9.78 Å². The standard InChI is InChI=1S/C16H15N3O/c1-10-7-12(8-11(2)17-10)9-15-13-5-3-4-6-14(13)16(20)19-18-15/h3-8H,9H2,1-2H3,(H,19,20). The van der Waals surface area contributed by atoms with Gasteiger partial charge in [0.25, 0.3) is 5.56 Å². The lowest BCUT2D eigenvalue weighted by molar-refractivity contribution is 0.929. The van der Waals surface area contributed by atoms with E-state index >= 15 is 0 Å². The number of pyridine rings is 1. The Morgan fingerprint density at radius 2 is 1.70 bits per heavy atom. The summed E-state index contributed by atoms with van der Waals surface area (Å²) in [5.41, 5.74) is 3.87. The normalized spacial score (nSPS) is 10.9. The van der Waals surface area contributed by atoms with Crippen LogP contribution < -0.4 is 5.56 Å². The van der Waals surface area contributed by atoms with Crippen LogP contribution in [0.5, 0.6) is 0 Å². The van der Waals surface area contributed by atoms with Crippen molar-refractivity contribution in [3.05, 3.63) is 69.4 Å². The number of benzene rings is 1. The zero-order valence-electron chi connectivity index (χ0n) is 11.5. The van der Waals surface area contributed by atoms with Crippen molar-refractivity contribution in [2.75, 3.05) is 0 Å². The van der Waals surface area contributed by atoms with Crippen LogP contribution in [0.4, 0.5) is 0 Å². The Labute approximate surface area is 116 Å². The van der Waals surface area contributed by atoms with Gasteiger partial charge in [-0.05, 0) is 37.6 Å². The lowest BCUT2D eigenvalue weighted by Crippen LogP contribution is -2.11. The molecular weight excluding hydrogens is 250 g/mol. The highest BCUT2D eigenvalue weighted by atomic mass is 16.1. The third-order valence-corrected chi connectivity index (χ3v) is 3.29. The lowest BCUT2D eigenvalue weighted by Gasteiger charge is -2.06. The lowest BCUT2D eigenvalue weighted by atomic mass is 10.0. The molecule has 1 aromatic carbocycles. The number of fused-ring (bicyclic) bond motifs is 1. The summed E-state index contributed by atoms with van der Waals surface area (Å²) in [6, 6.07) is 11.7. The highest BCUT2D eigenvalue weighted by Gasteiger charge is 2.07. The van der Waals surface area contributed by atoms with Crippen LogP contribution in [0.2, 0.25) is 0 Å². The average Bonchev–Trinajstić information content (AvgIpc) is 2.41. The van der Waals surface area contributed by atoms with Crippen LogP contribution >= 0.6 is 0 Å². The van der Waals surface area contributed by atoms with Gasteiger partial charge in [0, 0.05) is 23.2 Å². The maximum Gasteiger partial charge on any atom is 0.272 e. The van der Waals surface area contributed by atoms with E-state index in [9.17, 15) is 4.79 Å². The molecule has 0 atom stereocenters. The number of rotatable bonds is 2. The van der Waals surface area contributed by atoms with E-state index in [-0.39, 0.29) is 5.56 Å². The second kappa shape index (κ2) is 4.89. The smallest absolute Gasteiger partial charge is 0.267 e. The summed E-state index contributed by atoms with van der Waals surface area (Å²) in [6.07, 6.45) is 0.682. The van der Waals surface area contributed by atoms with Gasteiger partial charge in [-0.1, -0.05) is 18.2 Å². The fourth-order valence-corrected chi connectivity index (χ4v) is 2.52. The summed E-state index contributed by atoms with van der Waals surface area (Å²) >= 11 is 0. The summed E-state index contributed by atoms with van der Waals surface area (Å²) in [5, 5.41) is 8.36. The first-order valence-corrected chi connectivity index (χ1v) is 6.54. The van der Waals surface area contributed by atoms with Gasteiger partial charge in [-0.25, -0.2) is 5.10 Å². The highest BCUT2D eigenvalue weighted by molar-refractivity contribution is 5.83. The molecule has 2 aromatic heterocycles. The zero-order valence-corrected chi connectivity index (χ0v) is 11.5. The van der Waals surface area contributed by atoms with Gasteiger partial charge in [-0.2, -0.15) is 5.10 Å². The van der Waals surface area contributed by atoms with Crippen molar-refractivity contribution in [1.82, 2.24) is 15.2 Å². The van der Waals surface area contributed by atoms with Crippen LogP contribution in [-0.2, 0) is 6.42 Å². The molecule has 4 nitrogen and oxygen atoms in total. The maximum absolute atomic E-state index is 11.8. The van der Waals surface area contributed by atoms with E-state index in [0.29, 0.717) is 11.8 Å². The molecule has 0 saturated carbocycles. The molecule has 0 aliphatic carbocycles. The molecule has 100 valence electrons. The Hall–Kier alpha value is -2.49. The number of hydrogen-bond donors (Lipinski definition) is 1. The molecule has 3 aromatic rings. The van der Waals surface area contributed by atoms with Gasteiger partial charge in [0.15, 0.2) is 0 Å². The van der Waals surface area contributed by atoms with E-state index in [1.54, 1.807) is 0 Å². The van der Waals surface area contributed by atoms with Crippen molar-refractivity contribution in [3.8, 4) is 0 Å². The van der Waals surface area contributed by atoms with Crippen molar-refractivity contribution < 1.29 is 0 Å². The van der Waals surface area contributed by atoms with E-state index in [0.717, 1.165) is 28.0 Å². The summed E-state index contributed by atoms with van der Waals surface area (Å²) in [4.78, 5) is 16.1. The number of aromatic nitrogens is 3. The molecule has 3 rings (SSSR count). The van der Waals surface area contributed by atoms with Crippen LogP contribution in [0.25, 0.3) is 10.8 Å². The molecule has 0 unspecified atom stereocenters. The Morgan fingerprint density at radius 1 is 1.05 bits per heavy atom. The Morgan fingerprint density at radius 3 is 2.40 bits per heavy atom. The first-order chi connectivity index (χ1) is 9.63. The first kappa shape index (κ1) is 12.5. The predicted octanol–water partition coefficient (Wildman–Crippen LogP) is 2.53. The Kier molecular flexibility index (Phi) is 3.06. The van der Waals surface area contributed by atoms with E-state index in [4.69, 9.17) is 0 Å². The number of hydrogen-bond acceptors (Lipinski definition) is 3. The molecule has 0 fully saturated rings. The third-order valence-electron chi connectivity index (χ3n) is 3.29. The number of nitrogens with one attached hydrogen (secondary N) is 1. The average molecular weight is 265 g/mol. The van der Waals surface area contributed by atoms with Gasteiger partial charge < -0.3 is 0 Å². The van der Waals surface area contributed by atoms with Gasteiger partial charge >= 0.3 is 0 Å². The fourth-order valence-electron chi connectivity index (χ4n) is 2.52. The number of H-pyrrole nitrogens is 1. The molecule has 0 aliphatic rings. The molecular formula is C16H15N3O. The molecule has 0 amide bonds. The van der Waals surface area contributed by atoms with Gasteiger partial charge in [0.05, 0.1) is 11.1 Å². The second-order valence-corrected chi connectivity index (χ2v) is 4.98. The van der Waals surface area contributed by atoms with Gasteiger partial charge in [0.1, 0.15) is 0 Å². The maximum atomic E-state index is 11.8. The minimum atomic E-state index is -0.147. The molecule has 2 heterocycles. The van der Waals surface area contributed by atoms with Gasteiger partial charge in [-0.15, -0.1) is 0 Å². The minimum absolute atomic E-state index is 0.147. The van der Waals surface area contributed by atoms with Crippen LogP contribution in [0, 0.1) is 13.8 Å². The van der Waals surface area contributed by atoms with Crippen LogP contribution in [0.3, 0.4) is 0 Å². The van der Waals surface area contributed by atoms with Crippen molar-refractivity contribution >= 4 is 10.8 Å². The van der Waals surface area contributed by atoms with Crippen LogP contribution in [0.15, 0.2) is 41.2 Å². The molecule has 20 heavy (non-hydrogen) atoms. The molecule has 4 heteroatoms. The van der Waals surface area contributed by atoms with Crippen molar-refractivity contribution in [3.63, 3.8) is 0 Å². The monoisotopic (exact) mass is 265 g/mol. The van der Waals surface area contributed by atoms with E-state index in [1.165, 1.54) is 0 Å². The van der Waals surface area contributed by atoms with E-state index in [1.807, 2.05) is 38.1 Å². The summed E-state index contributed by atoms with van der Waals surface area (Å²) < 4.78 is 0. The molecule has 0 saturated heterocycles. The molecule has 0 aliphatic heterocycles. The summed E-state index contributed by atoms with van der Waals surface area (Å²) in [7, 11) is 0. The number of aryl methyl sites for hydroxylation is 2. The number of nitrogens with zero attached hydrogens (tertiary/aromatic N) is 2. The SMILES string of the molecule is Cc1cc(Cc2n[nH]c(=O)c3ccccc23)cc(C)n1. The topological polar surface area (TPSA) is 58.6 Å². The quantitative estimate of drug-likeness (QED) is 0.774. The van der Waals surface area contributed by atoms with Crippen LogP contribution in [0.1, 0.15) is 22.6 Å². The minimum Gasteiger partial charge on any atom is -0.267 e. The fraction of sp³-hybridized carbons (Fsp3) is 0.188. The summed E-state index contributed by atoms with van der Waals surface area (Å²) in [5.74, 6) is 0. The zero-order chi connectivity index (χ0) is 14.1. The number of aromatic amines is 1. The highest BCUT2D eigenvalue weighted by Crippen LogP contribution is 2.17. The van der Waals surface area contributed by atoms with Crippen molar-refractivity contribution in [2.45, 2.75) is 20.3 Å². The largest absolute Gasteiger partial charge is 0.272 e. The summed E-state index contributed by atoms with van der Waals surface area (Å²) in [6.45, 7) is 3.96.